The molecule has 0 fully saturated rings. The molecule has 6 aromatic heterocycles. The van der Waals surface area contributed by atoms with Crippen molar-refractivity contribution in [2.75, 3.05) is 61.0 Å². The van der Waals surface area contributed by atoms with Crippen LogP contribution in [0.15, 0.2) is 159 Å². The second kappa shape index (κ2) is 45.8. The van der Waals surface area contributed by atoms with Crippen LogP contribution in [-0.2, 0) is 125 Å². The highest BCUT2D eigenvalue weighted by atomic mass is 35.5. The van der Waals surface area contributed by atoms with E-state index in [1.165, 1.54) is 68.9 Å². The van der Waals surface area contributed by atoms with Crippen LogP contribution >= 0.6 is 23.2 Å². The maximum atomic E-state index is 14.2. The maximum absolute atomic E-state index is 14.2. The number of carboxylic acid groups (broad SMARTS) is 1. The van der Waals surface area contributed by atoms with Gasteiger partial charge in [-0.1, -0.05) is 83.9 Å². The highest BCUT2D eigenvalue weighted by Crippen LogP contribution is 2.42. The molecule has 0 atom stereocenters. The van der Waals surface area contributed by atoms with Crippen LogP contribution in [0, 0.1) is 34.9 Å². The van der Waals surface area contributed by atoms with Crippen LogP contribution in [0.4, 0.5) is 26.3 Å². The van der Waals surface area contributed by atoms with Crippen molar-refractivity contribution in [3.8, 4) is 34.5 Å². The first-order valence-corrected chi connectivity index (χ1v) is 41.5. The van der Waals surface area contributed by atoms with Crippen LogP contribution in [0.1, 0.15) is 105 Å². The number of carbonyl (C=O) groups is 5. The molecule has 0 aliphatic heterocycles. The molecule has 125 heavy (non-hydrogen) atoms. The van der Waals surface area contributed by atoms with E-state index in [1.807, 2.05) is 92.8 Å². The van der Waals surface area contributed by atoms with Gasteiger partial charge in [0.15, 0.2) is 69.4 Å². The molecular weight excluding hydrogens is 1660 g/mol. The average molecular weight is 1770 g/mol. The zero-order chi connectivity index (χ0) is 90.9. The fourth-order valence-electron chi connectivity index (χ4n) is 14.9. The van der Waals surface area contributed by atoms with Gasteiger partial charge >= 0.3 is 23.9 Å². The number of halogens is 8. The molecule has 21 nitrogen and oxygen atoms in total. The van der Waals surface area contributed by atoms with Gasteiger partial charge in [0.2, 0.25) is 0 Å². The Kier molecular flexibility index (Phi) is 35.3. The summed E-state index contributed by atoms with van der Waals surface area (Å²) in [6.07, 6.45) is 16.5. The van der Waals surface area contributed by atoms with Crippen molar-refractivity contribution >= 4 is 118 Å². The molecule has 0 amide bonds. The number of methoxy groups -OCH3 is 3. The van der Waals surface area contributed by atoms with E-state index in [4.69, 9.17) is 56.7 Å². The quantitative estimate of drug-likeness (QED) is 0.0185. The monoisotopic (exact) mass is 1760 g/mol. The summed E-state index contributed by atoms with van der Waals surface area (Å²) in [5.74, 6) is -3.46. The molecule has 6 heterocycles. The van der Waals surface area contributed by atoms with Crippen molar-refractivity contribution in [2.24, 2.45) is 35.2 Å². The molecule has 0 saturated heterocycles. The molecule has 0 aliphatic carbocycles. The summed E-state index contributed by atoms with van der Waals surface area (Å²) < 4.78 is 140. The Hall–Kier alpha value is -12.5. The van der Waals surface area contributed by atoms with Crippen molar-refractivity contribution in [2.45, 2.75) is 112 Å². The van der Waals surface area contributed by atoms with Crippen molar-refractivity contribution in [1.82, 2.24) is 27.8 Å². The molecule has 0 unspecified atom stereocenters. The number of esters is 3. The van der Waals surface area contributed by atoms with E-state index in [2.05, 4.69) is 54.2 Å². The van der Waals surface area contributed by atoms with Crippen molar-refractivity contribution in [1.29, 1.82) is 0 Å². The number of aromatic amines is 1. The summed E-state index contributed by atoms with van der Waals surface area (Å²) in [4.78, 5) is 60.5. The summed E-state index contributed by atoms with van der Waals surface area (Å²) in [5.41, 5.74) is 11.6. The molecule has 0 bridgehead atoms. The van der Waals surface area contributed by atoms with Gasteiger partial charge in [-0.25, -0.2) is 26.3 Å². The predicted octanol–water partition coefficient (Wildman–Crippen LogP) is 20.7. The van der Waals surface area contributed by atoms with E-state index in [-0.39, 0.29) is 88.5 Å². The minimum Gasteiger partial charge on any atom is -0.490 e. The number of unbranched alkanes of at least 4 members (excludes halogenated alkanes) is 1. The van der Waals surface area contributed by atoms with Crippen LogP contribution in [-0.4, -0.2) is 124 Å². The molecule has 664 valence electrons. The first-order valence-electron chi connectivity index (χ1n) is 40.8. The number of carboxylic acids is 1. The number of fused-ring (bicyclic) bond motifs is 6. The number of hydrogen-bond acceptors (Lipinski definition) is 14. The van der Waals surface area contributed by atoms with E-state index < -0.39 is 47.0 Å². The number of hydrogen-bond donors (Lipinski definition) is 2. The van der Waals surface area contributed by atoms with E-state index in [1.54, 1.807) is 93.9 Å². The highest BCUT2D eigenvalue weighted by molar-refractivity contribution is 6.36. The van der Waals surface area contributed by atoms with Gasteiger partial charge in [-0.2, -0.15) is 0 Å². The number of H-pyrrole nitrogens is 1. The number of ketones is 1. The number of aryl methyl sites for hydroxylation is 8. The van der Waals surface area contributed by atoms with Gasteiger partial charge in [-0.3, -0.25) is 24.0 Å². The number of carbonyl (C=O) groups excluding carboxylic acids is 4. The maximum Gasteiger partial charge on any atom is 0.310 e. The Morgan fingerprint density at radius 1 is 0.360 bits per heavy atom. The van der Waals surface area contributed by atoms with Crippen molar-refractivity contribution < 1.29 is 98.1 Å². The molecule has 0 saturated carbocycles. The van der Waals surface area contributed by atoms with E-state index in [0.29, 0.717) is 112 Å². The van der Waals surface area contributed by atoms with Crippen LogP contribution in [0.2, 0.25) is 10.0 Å². The molecule has 8 aromatic carbocycles. The highest BCUT2D eigenvalue weighted by Gasteiger charge is 2.26. The average Bonchev–Trinajstić information content (AvgIpc) is 1.62. The standard InChI is InChI=1S/C21H22FNO2.C21H24FNO.C14H15ClFNO3.C14H16FNO3.C13H13ClFNO3.C13H14FNO3/c1-3-25-21-18(22)11-12-19-20(21)16(14-23(19)2)13-17(24)10-9-15-7-5-4-6-8-15;1-3-24-21-18(22)13-14-19-20(21)17(15-23(19)2)12-8-7-11-16-9-5-4-6-10-16;1-4-20-14-10(16)6-9(15)13-12(14)8(7-17(13)2)5-11(18)19-3;1-4-19-14-10(15)5-6-11-13(14)9(8-16(11)2)7-12(17)18-3;1-3-19-13-9(15)5-8(14)12-11(13)7(6-16-12)4-10(17)18-2;1-3-18-13-9(14)4-5-10-12(13)8(6-11(16)17)7-15(10)2/h4-8,11-12,14H,3,9-10,13H2,1-2H3;4-6,9-10,13-15H,3,7-8,11-12H2,1-2H3;6-7H,4-5H2,1-3H3;5-6,8H,4,7H2,1-3H3;5-6,16H,3-4H2,1-2H3;4-5,7H,3,6H2,1-2H3,(H,16,17). The molecular formula is C96H104Cl2F6N6O15. The van der Waals surface area contributed by atoms with Crippen molar-refractivity contribution in [3.05, 3.63) is 248 Å². The topological polar surface area (TPSA) is 229 Å². The zero-order valence-corrected chi connectivity index (χ0v) is 74.0. The minimum absolute atomic E-state index is 0.0242. The summed E-state index contributed by atoms with van der Waals surface area (Å²) in [6, 6.07) is 35.4. The number of ether oxygens (including phenoxy) is 9. The second-order valence-corrected chi connectivity index (χ2v) is 29.7. The fraction of sp³-hybridized carbons (Fsp3) is 0.323. The SMILES string of the molecule is CCOc1c(F)cc(Cl)c2[nH]cc(CC(=O)OC)c12.CCOc1c(F)cc(Cl)c2c1c(CC(=O)OC)cn2C.CCOc1c(F)ccc2c1c(CC(=O)CCc1ccccc1)cn2C.CCOc1c(F)ccc2c1c(CC(=O)O)cn2C.CCOc1c(F)ccc2c1c(CC(=O)OC)cn2C.CCOc1c(F)ccc2c1c(CCCCc1ccccc1)cn2C. The lowest BCUT2D eigenvalue weighted by atomic mass is 10.0. The van der Waals surface area contributed by atoms with Crippen LogP contribution in [0.3, 0.4) is 0 Å². The lowest BCUT2D eigenvalue weighted by molar-refractivity contribution is -0.140. The first kappa shape index (κ1) is 96.3. The largest absolute Gasteiger partial charge is 0.490 e. The zero-order valence-electron chi connectivity index (χ0n) is 72.5. The first-order chi connectivity index (χ1) is 60.0. The van der Waals surface area contributed by atoms with Gasteiger partial charge in [0.1, 0.15) is 5.78 Å². The smallest absolute Gasteiger partial charge is 0.310 e. The number of Topliss-reactive ketones (excluding diaryl/α,β-unsaturated/α-hetero) is 1. The summed E-state index contributed by atoms with van der Waals surface area (Å²) in [5, 5.41) is 13.2. The molecule has 0 spiro atoms. The number of aliphatic carboxylic acids is 1. The second-order valence-electron chi connectivity index (χ2n) is 28.9. The van der Waals surface area contributed by atoms with Crippen LogP contribution < -0.4 is 28.4 Å². The van der Waals surface area contributed by atoms with Crippen LogP contribution in [0.5, 0.6) is 34.5 Å². The Labute approximate surface area is 731 Å². The Morgan fingerprint density at radius 3 is 1.07 bits per heavy atom. The fourth-order valence-corrected chi connectivity index (χ4v) is 15.5. The molecule has 29 heteroatoms. The number of nitrogens with one attached hydrogen (secondary N) is 1. The number of aromatic nitrogens is 6. The number of rotatable bonds is 30. The van der Waals surface area contributed by atoms with Gasteiger partial charge in [0.25, 0.3) is 0 Å². The van der Waals surface area contributed by atoms with E-state index >= 15 is 0 Å². The normalized spacial score (nSPS) is 10.9. The molecule has 14 aromatic rings. The third-order valence-corrected chi connectivity index (χ3v) is 20.9. The number of nitrogens with zero attached hydrogens (tertiary/aromatic N) is 5. The molecule has 0 aliphatic rings. The van der Waals surface area contributed by atoms with Gasteiger partial charge in [0, 0.05) is 112 Å². The van der Waals surface area contributed by atoms with Gasteiger partial charge < -0.3 is 75.6 Å². The lowest BCUT2D eigenvalue weighted by Crippen LogP contribution is -2.05. The molecule has 14 rings (SSSR count). The summed E-state index contributed by atoms with van der Waals surface area (Å²) in [7, 11) is 13.3. The third kappa shape index (κ3) is 23.9. The molecule has 0 radical (unpaired) electrons. The summed E-state index contributed by atoms with van der Waals surface area (Å²) >= 11 is 12.1. The van der Waals surface area contributed by atoms with Crippen LogP contribution in [0.25, 0.3) is 65.4 Å². The van der Waals surface area contributed by atoms with Gasteiger partial charge in [-0.15, -0.1) is 0 Å². The lowest BCUT2D eigenvalue weighted by Gasteiger charge is -2.09. The van der Waals surface area contributed by atoms with Crippen molar-refractivity contribution in [3.63, 3.8) is 0 Å². The van der Waals surface area contributed by atoms with Gasteiger partial charge in [-0.05, 0) is 179 Å². The van der Waals surface area contributed by atoms with Gasteiger partial charge in [0.05, 0.1) is 135 Å². The Balaban J connectivity index is 0.000000171. The Morgan fingerprint density at radius 2 is 0.680 bits per heavy atom. The minimum atomic E-state index is -0.950. The van der Waals surface area contributed by atoms with E-state index in [0.717, 1.165) is 70.7 Å². The predicted molar refractivity (Wildman–Crippen MR) is 475 cm³/mol. The number of benzene rings is 8. The summed E-state index contributed by atoms with van der Waals surface area (Å²) in [6.45, 7) is 13.0. The van der Waals surface area contributed by atoms with E-state index in [9.17, 15) is 50.3 Å². The third-order valence-electron chi connectivity index (χ3n) is 20.3. The Bertz CT molecular complexity index is 6080. The molecule has 2 N–H and O–H groups in total.